The molecule has 2 aromatic carbocycles. The number of amidine groups is 1. The highest BCUT2D eigenvalue weighted by Crippen LogP contribution is 2.31. The number of hydrogen-bond donors (Lipinski definition) is 2. The van der Waals surface area contributed by atoms with Gasteiger partial charge in [0.1, 0.15) is 11.5 Å². The Hall–Kier alpha value is -4.18. The predicted molar refractivity (Wildman–Crippen MR) is 120 cm³/mol. The fourth-order valence-corrected chi connectivity index (χ4v) is 3.76. The summed E-state index contributed by atoms with van der Waals surface area (Å²) < 4.78 is 5.73. The summed E-state index contributed by atoms with van der Waals surface area (Å²) in [5.41, 5.74) is 1.81. The highest BCUT2D eigenvalue weighted by molar-refractivity contribution is 8.18. The molecule has 160 valence electrons. The largest absolute Gasteiger partial charge is 0.478 e. The lowest BCUT2D eigenvalue weighted by Gasteiger charge is -2.03. The number of nitrogens with one attached hydrogen (secondary N) is 1. The number of hydrogen-bond acceptors (Lipinski definition) is 7. The Morgan fingerprint density at radius 1 is 1.22 bits per heavy atom. The van der Waals surface area contributed by atoms with Crippen LogP contribution in [0, 0.1) is 17.0 Å². The first-order valence-electron chi connectivity index (χ1n) is 9.28. The number of non-ortho nitro benzene ring substituents is 1. The predicted octanol–water partition coefficient (Wildman–Crippen LogP) is 4.75. The summed E-state index contributed by atoms with van der Waals surface area (Å²) in [6, 6.07) is 14.0. The van der Waals surface area contributed by atoms with Crippen LogP contribution in [0.1, 0.15) is 21.7 Å². The van der Waals surface area contributed by atoms with Crippen LogP contribution in [-0.2, 0) is 4.79 Å². The highest BCUT2D eigenvalue weighted by atomic mass is 32.2. The van der Waals surface area contributed by atoms with Crippen LogP contribution in [0.25, 0.3) is 17.4 Å². The number of amides is 1. The Balaban J connectivity index is 1.57. The number of furan rings is 1. The first kappa shape index (κ1) is 21.1. The number of carbonyl (C=O) groups excluding carboxylic acids is 1. The molecule has 1 aliphatic heterocycles. The zero-order chi connectivity index (χ0) is 22.8. The van der Waals surface area contributed by atoms with Gasteiger partial charge in [0.25, 0.3) is 11.6 Å². The summed E-state index contributed by atoms with van der Waals surface area (Å²) >= 11 is 1.10. The van der Waals surface area contributed by atoms with Crippen molar-refractivity contribution in [2.75, 3.05) is 0 Å². The second-order valence-electron chi connectivity index (χ2n) is 6.80. The summed E-state index contributed by atoms with van der Waals surface area (Å²) in [7, 11) is 0. The van der Waals surface area contributed by atoms with E-state index >= 15 is 0 Å². The summed E-state index contributed by atoms with van der Waals surface area (Å²) in [6.45, 7) is 1.79. The van der Waals surface area contributed by atoms with E-state index in [0.29, 0.717) is 32.8 Å². The molecule has 3 aromatic rings. The molecule has 0 bridgehead atoms. The maximum Gasteiger partial charge on any atom is 0.335 e. The number of aromatic carboxylic acids is 1. The number of carboxylic acids is 1. The lowest BCUT2D eigenvalue weighted by Crippen LogP contribution is -2.19. The van der Waals surface area contributed by atoms with Crippen molar-refractivity contribution in [1.29, 1.82) is 0 Å². The van der Waals surface area contributed by atoms with Gasteiger partial charge in [0, 0.05) is 23.8 Å². The molecule has 0 radical (unpaired) electrons. The number of benzene rings is 2. The molecule has 0 atom stereocenters. The summed E-state index contributed by atoms with van der Waals surface area (Å²) in [6.07, 6.45) is 1.55. The van der Waals surface area contributed by atoms with E-state index in [1.165, 1.54) is 24.3 Å². The molecule has 1 aromatic heterocycles. The molecule has 32 heavy (non-hydrogen) atoms. The molecule has 1 aliphatic rings. The van der Waals surface area contributed by atoms with Crippen molar-refractivity contribution in [3.8, 4) is 11.3 Å². The summed E-state index contributed by atoms with van der Waals surface area (Å²) in [5, 5.41) is 23.1. The Morgan fingerprint density at radius 2 is 2.03 bits per heavy atom. The van der Waals surface area contributed by atoms with Crippen molar-refractivity contribution in [2.24, 2.45) is 4.99 Å². The molecule has 10 heteroatoms. The maximum atomic E-state index is 12.3. The van der Waals surface area contributed by atoms with E-state index in [9.17, 15) is 19.7 Å². The fourth-order valence-electron chi connectivity index (χ4n) is 2.94. The molecule has 2 N–H and O–H groups in total. The van der Waals surface area contributed by atoms with Crippen LogP contribution in [0.5, 0.6) is 0 Å². The van der Waals surface area contributed by atoms with Crippen LogP contribution in [-0.4, -0.2) is 27.1 Å². The van der Waals surface area contributed by atoms with E-state index in [0.717, 1.165) is 17.3 Å². The van der Waals surface area contributed by atoms with Crippen molar-refractivity contribution in [1.82, 2.24) is 5.32 Å². The summed E-state index contributed by atoms with van der Waals surface area (Å²) in [4.78, 5) is 38.7. The standard InChI is InChI=1S/C22H15N3O6S/c1-12-5-6-14(21(27)28)10-17(12)23-22-24-20(26)19(32-22)11-16-7-8-18(31-16)13-3-2-4-15(9-13)25(29)30/h2-11H,1H3,(H,27,28)(H,23,24,26)/b19-11+. The quantitative estimate of drug-likeness (QED) is 0.326. The minimum Gasteiger partial charge on any atom is -0.478 e. The Morgan fingerprint density at radius 3 is 2.78 bits per heavy atom. The van der Waals surface area contributed by atoms with Gasteiger partial charge in [-0.05, 0) is 48.5 Å². The average Bonchev–Trinajstić information content (AvgIpc) is 3.36. The number of aliphatic imine (C=N–C) groups is 1. The van der Waals surface area contributed by atoms with E-state index in [1.807, 2.05) is 0 Å². The molecule has 0 saturated carbocycles. The average molecular weight is 449 g/mol. The van der Waals surface area contributed by atoms with Crippen molar-refractivity contribution in [2.45, 2.75) is 6.92 Å². The number of carboxylic acid groups (broad SMARTS) is 1. The Labute approximate surface area is 185 Å². The SMILES string of the molecule is Cc1ccc(C(=O)O)cc1N=C1NC(=O)/C(=C\c2ccc(-c3cccc([N+](=O)[O-])c3)o2)S1. The van der Waals surface area contributed by atoms with Crippen LogP contribution in [0.2, 0.25) is 0 Å². The van der Waals surface area contributed by atoms with Gasteiger partial charge in [0.15, 0.2) is 5.17 Å². The third-order valence-corrected chi connectivity index (χ3v) is 5.48. The zero-order valence-electron chi connectivity index (χ0n) is 16.6. The third-order valence-electron chi connectivity index (χ3n) is 4.57. The van der Waals surface area contributed by atoms with E-state index in [2.05, 4.69) is 10.3 Å². The normalized spacial score (nSPS) is 15.8. The van der Waals surface area contributed by atoms with Crippen molar-refractivity contribution in [3.63, 3.8) is 0 Å². The van der Waals surface area contributed by atoms with E-state index < -0.39 is 10.9 Å². The Kier molecular flexibility index (Phi) is 5.61. The number of nitro benzene ring substituents is 1. The smallest absolute Gasteiger partial charge is 0.335 e. The minimum atomic E-state index is -1.06. The van der Waals surface area contributed by atoms with Crippen LogP contribution < -0.4 is 5.32 Å². The number of thioether (sulfide) groups is 1. The summed E-state index contributed by atoms with van der Waals surface area (Å²) in [5.74, 6) is -0.602. The zero-order valence-corrected chi connectivity index (χ0v) is 17.4. The molecular formula is C22H15N3O6S. The van der Waals surface area contributed by atoms with Crippen LogP contribution in [0.4, 0.5) is 11.4 Å². The van der Waals surface area contributed by atoms with E-state index in [4.69, 9.17) is 9.52 Å². The number of nitrogens with zero attached hydrogens (tertiary/aromatic N) is 2. The number of nitro groups is 1. The molecule has 4 rings (SSSR count). The molecule has 1 fully saturated rings. The number of carbonyl (C=O) groups is 2. The van der Waals surface area contributed by atoms with Gasteiger partial charge in [-0.2, -0.15) is 0 Å². The fraction of sp³-hybridized carbons (Fsp3) is 0.0455. The van der Waals surface area contributed by atoms with Gasteiger partial charge in [-0.25, -0.2) is 9.79 Å². The van der Waals surface area contributed by atoms with Crippen molar-refractivity contribution in [3.05, 3.63) is 86.5 Å². The lowest BCUT2D eigenvalue weighted by atomic mass is 10.1. The van der Waals surface area contributed by atoms with Crippen molar-refractivity contribution < 1.29 is 24.0 Å². The van der Waals surface area contributed by atoms with Gasteiger partial charge >= 0.3 is 5.97 Å². The van der Waals surface area contributed by atoms with Gasteiger partial charge in [-0.1, -0.05) is 18.2 Å². The molecule has 1 saturated heterocycles. The second-order valence-corrected chi connectivity index (χ2v) is 7.83. The maximum absolute atomic E-state index is 12.3. The first-order chi connectivity index (χ1) is 15.3. The minimum absolute atomic E-state index is 0.0485. The van der Waals surface area contributed by atoms with Gasteiger partial charge in [0.05, 0.1) is 21.1 Å². The Bertz CT molecular complexity index is 1320. The number of aryl methyl sites for hydroxylation is 1. The molecule has 0 spiro atoms. The van der Waals surface area contributed by atoms with Crippen LogP contribution in [0.15, 0.2) is 68.9 Å². The van der Waals surface area contributed by atoms with Crippen LogP contribution >= 0.6 is 11.8 Å². The molecule has 2 heterocycles. The lowest BCUT2D eigenvalue weighted by molar-refractivity contribution is -0.384. The molecule has 1 amide bonds. The first-order valence-corrected chi connectivity index (χ1v) is 10.1. The topological polar surface area (TPSA) is 135 Å². The molecule has 9 nitrogen and oxygen atoms in total. The second kappa shape index (κ2) is 8.52. The molecular weight excluding hydrogens is 434 g/mol. The monoisotopic (exact) mass is 449 g/mol. The third kappa shape index (κ3) is 4.44. The van der Waals surface area contributed by atoms with Gasteiger partial charge in [-0.3, -0.25) is 14.9 Å². The number of rotatable bonds is 5. The van der Waals surface area contributed by atoms with Gasteiger partial charge < -0.3 is 14.8 Å². The van der Waals surface area contributed by atoms with E-state index in [-0.39, 0.29) is 17.2 Å². The van der Waals surface area contributed by atoms with Crippen molar-refractivity contribution >= 4 is 46.3 Å². The highest BCUT2D eigenvalue weighted by Gasteiger charge is 2.25. The van der Waals surface area contributed by atoms with Crippen LogP contribution in [0.3, 0.4) is 0 Å². The van der Waals surface area contributed by atoms with Gasteiger partial charge in [-0.15, -0.1) is 0 Å². The molecule has 0 unspecified atom stereocenters. The molecule has 0 aliphatic carbocycles. The van der Waals surface area contributed by atoms with Gasteiger partial charge in [0.2, 0.25) is 0 Å². The van der Waals surface area contributed by atoms with E-state index in [1.54, 1.807) is 43.3 Å².